The second-order valence-electron chi connectivity index (χ2n) is 6.51. The summed E-state index contributed by atoms with van der Waals surface area (Å²) in [5, 5.41) is 0. The first-order valence-electron chi connectivity index (χ1n) is 8.38. The van der Waals surface area contributed by atoms with Gasteiger partial charge < -0.3 is 4.90 Å². The van der Waals surface area contributed by atoms with E-state index in [0.717, 1.165) is 32.5 Å². The highest BCUT2D eigenvalue weighted by atomic mass is 32.2. The van der Waals surface area contributed by atoms with Crippen LogP contribution in [-0.4, -0.2) is 50.8 Å². The molecule has 1 aromatic carbocycles. The zero-order chi connectivity index (χ0) is 15.6. The molecule has 0 spiro atoms. The summed E-state index contributed by atoms with van der Waals surface area (Å²) in [6.45, 7) is 3.61. The Morgan fingerprint density at radius 3 is 2.45 bits per heavy atom. The van der Waals surface area contributed by atoms with Crippen molar-refractivity contribution in [3.8, 4) is 0 Å². The molecule has 1 fully saturated rings. The number of likely N-dealkylation sites (N-methyl/N-ethyl adjacent to an activating group) is 1. The topological polar surface area (TPSA) is 40.6 Å². The Morgan fingerprint density at radius 2 is 1.73 bits per heavy atom. The molecule has 0 aromatic heterocycles. The number of fused-ring (bicyclic) bond motifs is 1. The molecule has 4 nitrogen and oxygen atoms in total. The van der Waals surface area contributed by atoms with E-state index in [2.05, 4.69) is 4.90 Å². The number of likely N-dealkylation sites (tertiary alicyclic amines) is 1. The van der Waals surface area contributed by atoms with Gasteiger partial charge in [0.2, 0.25) is 10.0 Å². The SMILES string of the molecule is CN(CCN1CCCC1)S(=O)(=O)c1ccc2c(c1)CCCC2. The maximum absolute atomic E-state index is 12.7. The van der Waals surface area contributed by atoms with Crippen LogP contribution in [-0.2, 0) is 22.9 Å². The average Bonchev–Trinajstić information content (AvgIpc) is 3.05. The molecule has 0 amide bonds. The average molecular weight is 322 g/mol. The van der Waals surface area contributed by atoms with Gasteiger partial charge in [-0.1, -0.05) is 6.07 Å². The molecule has 0 bridgehead atoms. The molecule has 0 N–H and O–H groups in total. The molecule has 1 aromatic rings. The number of hydrogen-bond acceptors (Lipinski definition) is 3. The second-order valence-corrected chi connectivity index (χ2v) is 8.56. The van der Waals surface area contributed by atoms with Crippen molar-refractivity contribution in [2.24, 2.45) is 0 Å². The maximum atomic E-state index is 12.7. The zero-order valence-corrected chi connectivity index (χ0v) is 14.2. The van der Waals surface area contributed by atoms with Crippen LogP contribution in [0.1, 0.15) is 36.8 Å². The highest BCUT2D eigenvalue weighted by Crippen LogP contribution is 2.25. The fraction of sp³-hybridized carbons (Fsp3) is 0.647. The van der Waals surface area contributed by atoms with Crippen LogP contribution in [0.4, 0.5) is 0 Å². The Labute approximate surface area is 134 Å². The molecule has 3 rings (SSSR count). The Morgan fingerprint density at radius 1 is 1.05 bits per heavy atom. The van der Waals surface area contributed by atoms with Crippen LogP contribution in [0.25, 0.3) is 0 Å². The number of aryl methyl sites for hydroxylation is 2. The zero-order valence-electron chi connectivity index (χ0n) is 13.4. The highest BCUT2D eigenvalue weighted by Gasteiger charge is 2.23. The molecule has 1 aliphatic carbocycles. The minimum atomic E-state index is -3.36. The van der Waals surface area contributed by atoms with Crippen LogP contribution in [0.5, 0.6) is 0 Å². The fourth-order valence-corrected chi connectivity index (χ4v) is 4.67. The van der Waals surface area contributed by atoms with E-state index < -0.39 is 10.0 Å². The molecule has 0 unspecified atom stereocenters. The van der Waals surface area contributed by atoms with E-state index >= 15 is 0 Å². The predicted octanol–water partition coefficient (Wildman–Crippen LogP) is 2.28. The third-order valence-corrected chi connectivity index (χ3v) is 6.81. The Balaban J connectivity index is 1.71. The van der Waals surface area contributed by atoms with Gasteiger partial charge in [-0.05, 0) is 74.9 Å². The summed E-state index contributed by atoms with van der Waals surface area (Å²) in [7, 11) is -1.66. The Kier molecular flexibility index (Phi) is 4.85. The number of rotatable bonds is 5. The lowest BCUT2D eigenvalue weighted by Gasteiger charge is -2.22. The van der Waals surface area contributed by atoms with Gasteiger partial charge in [-0.25, -0.2) is 8.42 Å². The van der Waals surface area contributed by atoms with Gasteiger partial charge >= 0.3 is 0 Å². The molecule has 1 saturated heterocycles. The summed E-state index contributed by atoms with van der Waals surface area (Å²) in [5.74, 6) is 0. The largest absolute Gasteiger partial charge is 0.302 e. The first-order valence-corrected chi connectivity index (χ1v) is 9.82. The minimum Gasteiger partial charge on any atom is -0.302 e. The van der Waals surface area contributed by atoms with E-state index in [1.165, 1.54) is 41.1 Å². The standard InChI is InChI=1S/C17H26N2O2S/c1-18(12-13-19-10-4-5-11-19)22(20,21)17-9-8-15-6-2-3-7-16(15)14-17/h8-9,14H,2-7,10-13H2,1H3. The van der Waals surface area contributed by atoms with Crippen molar-refractivity contribution < 1.29 is 8.42 Å². The third-order valence-electron chi connectivity index (χ3n) is 4.96. The summed E-state index contributed by atoms with van der Waals surface area (Å²) >= 11 is 0. The molecule has 0 atom stereocenters. The summed E-state index contributed by atoms with van der Waals surface area (Å²) < 4.78 is 27.0. The molecule has 22 heavy (non-hydrogen) atoms. The van der Waals surface area contributed by atoms with Crippen LogP contribution in [0.15, 0.2) is 23.1 Å². The van der Waals surface area contributed by atoms with E-state index in [-0.39, 0.29) is 0 Å². The summed E-state index contributed by atoms with van der Waals surface area (Å²) in [6, 6.07) is 5.69. The molecule has 0 radical (unpaired) electrons. The third kappa shape index (κ3) is 3.36. The number of sulfonamides is 1. The smallest absolute Gasteiger partial charge is 0.242 e. The first-order chi connectivity index (χ1) is 10.6. The van der Waals surface area contributed by atoms with Gasteiger partial charge in [0, 0.05) is 20.1 Å². The Bertz CT molecular complexity index is 622. The lowest BCUT2D eigenvalue weighted by atomic mass is 9.92. The van der Waals surface area contributed by atoms with Crippen LogP contribution >= 0.6 is 0 Å². The van der Waals surface area contributed by atoms with Gasteiger partial charge in [-0.3, -0.25) is 0 Å². The van der Waals surface area contributed by atoms with Gasteiger partial charge in [-0.2, -0.15) is 4.31 Å². The molecule has 2 aliphatic rings. The van der Waals surface area contributed by atoms with Crippen molar-refractivity contribution in [2.45, 2.75) is 43.4 Å². The van der Waals surface area contributed by atoms with Crippen molar-refractivity contribution in [1.82, 2.24) is 9.21 Å². The van der Waals surface area contributed by atoms with Gasteiger partial charge in [0.1, 0.15) is 0 Å². The first kappa shape index (κ1) is 16.0. The monoisotopic (exact) mass is 322 g/mol. The number of nitrogens with zero attached hydrogens (tertiary/aromatic N) is 2. The minimum absolute atomic E-state index is 0.456. The van der Waals surface area contributed by atoms with E-state index in [0.29, 0.717) is 11.4 Å². The van der Waals surface area contributed by atoms with Crippen molar-refractivity contribution in [3.63, 3.8) is 0 Å². The normalized spacial score (nSPS) is 19.5. The van der Waals surface area contributed by atoms with Crippen molar-refractivity contribution in [3.05, 3.63) is 29.3 Å². The van der Waals surface area contributed by atoms with Gasteiger partial charge in [0.05, 0.1) is 4.90 Å². The van der Waals surface area contributed by atoms with Gasteiger partial charge in [0.25, 0.3) is 0 Å². The lowest BCUT2D eigenvalue weighted by molar-refractivity contribution is 0.310. The van der Waals surface area contributed by atoms with E-state index in [9.17, 15) is 8.42 Å². The van der Waals surface area contributed by atoms with Crippen molar-refractivity contribution in [2.75, 3.05) is 33.2 Å². The molecule has 122 valence electrons. The molecule has 0 saturated carbocycles. The quantitative estimate of drug-likeness (QED) is 0.835. The second kappa shape index (κ2) is 6.69. The van der Waals surface area contributed by atoms with Gasteiger partial charge in [-0.15, -0.1) is 0 Å². The molecule has 1 heterocycles. The highest BCUT2D eigenvalue weighted by molar-refractivity contribution is 7.89. The molecule has 1 aliphatic heterocycles. The van der Waals surface area contributed by atoms with Crippen LogP contribution in [0.3, 0.4) is 0 Å². The lowest BCUT2D eigenvalue weighted by Crippen LogP contribution is -2.35. The van der Waals surface area contributed by atoms with E-state index in [4.69, 9.17) is 0 Å². The Hall–Kier alpha value is -0.910. The summed E-state index contributed by atoms with van der Waals surface area (Å²) in [6.07, 6.45) is 6.95. The summed E-state index contributed by atoms with van der Waals surface area (Å²) in [5.41, 5.74) is 2.55. The maximum Gasteiger partial charge on any atom is 0.242 e. The predicted molar refractivity (Wildman–Crippen MR) is 88.6 cm³/mol. The van der Waals surface area contributed by atoms with Crippen LogP contribution in [0, 0.1) is 0 Å². The summed E-state index contributed by atoms with van der Waals surface area (Å²) in [4.78, 5) is 2.80. The van der Waals surface area contributed by atoms with E-state index in [1.807, 2.05) is 12.1 Å². The fourth-order valence-electron chi connectivity index (χ4n) is 3.46. The van der Waals surface area contributed by atoms with Crippen LogP contribution in [0.2, 0.25) is 0 Å². The van der Waals surface area contributed by atoms with E-state index in [1.54, 1.807) is 13.1 Å². The van der Waals surface area contributed by atoms with Crippen molar-refractivity contribution in [1.29, 1.82) is 0 Å². The molecular weight excluding hydrogens is 296 g/mol. The number of benzene rings is 1. The van der Waals surface area contributed by atoms with Crippen molar-refractivity contribution >= 4 is 10.0 Å². The molecule has 5 heteroatoms. The molecular formula is C17H26N2O2S. The van der Waals surface area contributed by atoms with Gasteiger partial charge in [0.15, 0.2) is 0 Å². The van der Waals surface area contributed by atoms with Crippen LogP contribution < -0.4 is 0 Å². The number of hydrogen-bond donors (Lipinski definition) is 0.